The van der Waals surface area contributed by atoms with E-state index >= 15 is 0 Å². The number of fused-ring (bicyclic) bond motifs is 1. The highest BCUT2D eigenvalue weighted by Gasteiger charge is 2.33. The van der Waals surface area contributed by atoms with Gasteiger partial charge in [-0.15, -0.1) is 0 Å². The van der Waals surface area contributed by atoms with Crippen molar-refractivity contribution >= 4 is 27.3 Å². The summed E-state index contributed by atoms with van der Waals surface area (Å²) >= 11 is 0. The second-order valence-corrected chi connectivity index (χ2v) is 8.84. The molecule has 6 nitrogen and oxygen atoms in total. The highest BCUT2D eigenvalue weighted by molar-refractivity contribution is 7.92. The second-order valence-electron chi connectivity index (χ2n) is 7.01. The van der Waals surface area contributed by atoms with Gasteiger partial charge in [-0.1, -0.05) is 18.2 Å². The molecular weight excluding hydrogens is 419 g/mol. The molecule has 1 N–H and O–H groups in total. The lowest BCUT2D eigenvalue weighted by molar-refractivity contribution is 0.102. The van der Waals surface area contributed by atoms with Crippen molar-refractivity contribution in [2.24, 2.45) is 0 Å². The van der Waals surface area contributed by atoms with E-state index in [1.165, 1.54) is 10.4 Å². The van der Waals surface area contributed by atoms with Gasteiger partial charge in [-0.25, -0.2) is 12.8 Å². The Labute approximate surface area is 180 Å². The molecule has 0 saturated carbocycles. The molecule has 31 heavy (non-hydrogen) atoms. The van der Waals surface area contributed by atoms with E-state index in [-0.39, 0.29) is 12.1 Å². The summed E-state index contributed by atoms with van der Waals surface area (Å²) in [6, 6.07) is 17.2. The molecule has 0 radical (unpaired) electrons. The topological polar surface area (TPSA) is 75.7 Å². The Morgan fingerprint density at radius 2 is 1.84 bits per heavy atom. The van der Waals surface area contributed by atoms with E-state index in [1.54, 1.807) is 36.4 Å². The van der Waals surface area contributed by atoms with Crippen LogP contribution in [0, 0.1) is 5.82 Å². The average molecular weight is 440 g/mol. The fourth-order valence-corrected chi connectivity index (χ4v) is 5.12. The van der Waals surface area contributed by atoms with Crippen molar-refractivity contribution in [2.75, 3.05) is 22.8 Å². The minimum Gasteiger partial charge on any atom is -0.494 e. The number of ether oxygens (including phenoxy) is 1. The minimum absolute atomic E-state index is 0.0429. The first-order valence-electron chi connectivity index (χ1n) is 9.84. The highest BCUT2D eigenvalue weighted by Crippen LogP contribution is 2.33. The van der Waals surface area contributed by atoms with Crippen LogP contribution >= 0.6 is 0 Å². The summed E-state index contributed by atoms with van der Waals surface area (Å²) in [5, 5.41) is 2.69. The zero-order valence-corrected chi connectivity index (χ0v) is 17.7. The van der Waals surface area contributed by atoms with Gasteiger partial charge in [0.15, 0.2) is 0 Å². The molecule has 3 aromatic carbocycles. The van der Waals surface area contributed by atoms with Gasteiger partial charge in [0, 0.05) is 17.8 Å². The summed E-state index contributed by atoms with van der Waals surface area (Å²) in [6.45, 7) is 2.63. The number of anilines is 2. The number of carbonyl (C=O) groups excluding carboxylic acids is 1. The third-order valence-electron chi connectivity index (χ3n) is 5.03. The van der Waals surface area contributed by atoms with E-state index in [9.17, 15) is 17.6 Å². The molecule has 0 fully saturated rings. The molecule has 0 aromatic heterocycles. The number of rotatable bonds is 6. The summed E-state index contributed by atoms with van der Waals surface area (Å²) in [6.07, 6.45) is 0.551. The molecule has 1 aliphatic heterocycles. The van der Waals surface area contributed by atoms with E-state index in [0.717, 1.165) is 17.7 Å². The molecule has 1 amide bonds. The van der Waals surface area contributed by atoms with Gasteiger partial charge in [-0.3, -0.25) is 9.10 Å². The van der Waals surface area contributed by atoms with E-state index < -0.39 is 26.6 Å². The van der Waals surface area contributed by atoms with Crippen LogP contribution in [0.15, 0.2) is 71.6 Å². The van der Waals surface area contributed by atoms with Crippen molar-refractivity contribution in [3.63, 3.8) is 0 Å². The van der Waals surface area contributed by atoms with Crippen LogP contribution in [0.3, 0.4) is 0 Å². The molecule has 0 aliphatic carbocycles. The molecule has 4 rings (SSSR count). The number of nitrogens with zero attached hydrogens (tertiary/aromatic N) is 1. The number of carbonyl (C=O) groups is 1. The Kier molecular flexibility index (Phi) is 5.65. The first kappa shape index (κ1) is 20.9. The van der Waals surface area contributed by atoms with Crippen LogP contribution in [0.2, 0.25) is 0 Å². The lowest BCUT2D eigenvalue weighted by atomic mass is 10.2. The first-order chi connectivity index (χ1) is 14.9. The number of hydrogen-bond donors (Lipinski definition) is 1. The highest BCUT2D eigenvalue weighted by atomic mass is 32.2. The van der Waals surface area contributed by atoms with Crippen molar-refractivity contribution < 1.29 is 22.3 Å². The lowest BCUT2D eigenvalue weighted by Gasteiger charge is -2.20. The van der Waals surface area contributed by atoms with Crippen LogP contribution in [0.5, 0.6) is 5.75 Å². The van der Waals surface area contributed by atoms with Gasteiger partial charge in [0.1, 0.15) is 16.5 Å². The van der Waals surface area contributed by atoms with Crippen molar-refractivity contribution in [3.8, 4) is 5.75 Å². The van der Waals surface area contributed by atoms with Crippen LogP contribution in [0.4, 0.5) is 15.8 Å². The molecule has 1 heterocycles. The molecule has 0 atom stereocenters. The standard InChI is InChI=1S/C23H21FN2O4S/c1-2-30-19-10-8-18(9-11-19)25-23(27)17-7-12-20(24)22(15-17)31(28,29)26-14-13-16-5-3-4-6-21(16)26/h3-12,15H,2,13-14H2,1H3,(H,25,27). The fourth-order valence-electron chi connectivity index (χ4n) is 3.52. The van der Waals surface area contributed by atoms with Gasteiger partial charge < -0.3 is 10.1 Å². The van der Waals surface area contributed by atoms with Crippen LogP contribution in [-0.4, -0.2) is 27.5 Å². The predicted molar refractivity (Wildman–Crippen MR) is 117 cm³/mol. The van der Waals surface area contributed by atoms with Crippen LogP contribution in [-0.2, 0) is 16.4 Å². The Hall–Kier alpha value is -3.39. The van der Waals surface area contributed by atoms with Crippen molar-refractivity contribution in [3.05, 3.63) is 83.7 Å². The third-order valence-corrected chi connectivity index (χ3v) is 6.86. The van der Waals surface area contributed by atoms with E-state index in [1.807, 2.05) is 19.1 Å². The number of halogens is 1. The molecule has 0 unspecified atom stereocenters. The van der Waals surface area contributed by atoms with E-state index in [4.69, 9.17) is 4.74 Å². The zero-order chi connectivity index (χ0) is 22.0. The van der Waals surface area contributed by atoms with Crippen LogP contribution in [0.1, 0.15) is 22.8 Å². The van der Waals surface area contributed by atoms with Crippen LogP contribution < -0.4 is 14.4 Å². The van der Waals surface area contributed by atoms with E-state index in [2.05, 4.69) is 5.32 Å². The van der Waals surface area contributed by atoms with Crippen molar-refractivity contribution in [1.29, 1.82) is 0 Å². The monoisotopic (exact) mass is 440 g/mol. The minimum atomic E-state index is -4.16. The smallest absolute Gasteiger partial charge is 0.267 e. The Morgan fingerprint density at radius 1 is 1.10 bits per heavy atom. The SMILES string of the molecule is CCOc1ccc(NC(=O)c2ccc(F)c(S(=O)(=O)N3CCc4ccccc43)c2)cc1. The summed E-state index contributed by atoms with van der Waals surface area (Å²) in [5.74, 6) is -0.772. The number of para-hydroxylation sites is 1. The summed E-state index contributed by atoms with van der Waals surface area (Å²) < 4.78 is 47.5. The summed E-state index contributed by atoms with van der Waals surface area (Å²) in [5.41, 5.74) is 1.97. The number of nitrogens with one attached hydrogen (secondary N) is 1. The number of benzene rings is 3. The molecule has 0 saturated heterocycles. The predicted octanol–water partition coefficient (Wildman–Crippen LogP) is 4.23. The Balaban J connectivity index is 1.60. The number of sulfonamides is 1. The van der Waals surface area contributed by atoms with Crippen molar-refractivity contribution in [1.82, 2.24) is 0 Å². The zero-order valence-electron chi connectivity index (χ0n) is 16.8. The average Bonchev–Trinajstić information content (AvgIpc) is 3.20. The molecule has 8 heteroatoms. The fraction of sp³-hybridized carbons (Fsp3) is 0.174. The maximum absolute atomic E-state index is 14.6. The van der Waals surface area contributed by atoms with Gasteiger partial charge in [-0.05, 0) is 67.4 Å². The molecule has 0 spiro atoms. The molecule has 3 aromatic rings. The Morgan fingerprint density at radius 3 is 2.58 bits per heavy atom. The summed E-state index contributed by atoms with van der Waals surface area (Å²) in [7, 11) is -4.16. The first-order valence-corrected chi connectivity index (χ1v) is 11.3. The van der Waals surface area contributed by atoms with Gasteiger partial charge in [0.2, 0.25) is 0 Å². The van der Waals surface area contributed by atoms with Crippen molar-refractivity contribution in [2.45, 2.75) is 18.2 Å². The van der Waals surface area contributed by atoms with Gasteiger partial charge in [0.05, 0.1) is 12.3 Å². The maximum Gasteiger partial charge on any atom is 0.267 e. The maximum atomic E-state index is 14.6. The van der Waals surface area contributed by atoms with Gasteiger partial charge >= 0.3 is 0 Å². The number of amides is 1. The van der Waals surface area contributed by atoms with E-state index in [0.29, 0.717) is 30.2 Å². The van der Waals surface area contributed by atoms with Crippen LogP contribution in [0.25, 0.3) is 0 Å². The normalized spacial score (nSPS) is 13.0. The lowest BCUT2D eigenvalue weighted by Crippen LogP contribution is -2.30. The van der Waals surface area contributed by atoms with Gasteiger partial charge in [-0.2, -0.15) is 0 Å². The third kappa shape index (κ3) is 4.11. The molecule has 160 valence electrons. The number of hydrogen-bond acceptors (Lipinski definition) is 4. The quantitative estimate of drug-likeness (QED) is 0.623. The molecule has 1 aliphatic rings. The molecule has 0 bridgehead atoms. The summed E-state index contributed by atoms with van der Waals surface area (Å²) in [4.78, 5) is 12.1. The molecular formula is C23H21FN2O4S. The van der Waals surface area contributed by atoms with Gasteiger partial charge in [0.25, 0.3) is 15.9 Å². The Bertz CT molecular complexity index is 1230. The second kappa shape index (κ2) is 8.39. The largest absolute Gasteiger partial charge is 0.494 e.